The molecule has 3 N–H and O–H groups in total. The zero-order valence-electron chi connectivity index (χ0n) is 10.3. The van der Waals surface area contributed by atoms with Gasteiger partial charge in [0.15, 0.2) is 11.0 Å². The van der Waals surface area contributed by atoms with Crippen molar-refractivity contribution in [1.82, 2.24) is 10.3 Å². The molecule has 0 aliphatic carbocycles. The van der Waals surface area contributed by atoms with Crippen LogP contribution in [0.4, 0.5) is 11.4 Å². The highest BCUT2D eigenvalue weighted by Crippen LogP contribution is 2.30. The van der Waals surface area contributed by atoms with E-state index in [9.17, 15) is 0 Å². The van der Waals surface area contributed by atoms with Gasteiger partial charge < -0.3 is 15.8 Å². The predicted molar refractivity (Wildman–Crippen MR) is 68.3 cm³/mol. The summed E-state index contributed by atoms with van der Waals surface area (Å²) in [6, 6.07) is 3.74. The van der Waals surface area contributed by atoms with Crippen molar-refractivity contribution < 1.29 is 9.37 Å². The summed E-state index contributed by atoms with van der Waals surface area (Å²) in [5.41, 5.74) is 8.61. The second-order valence-electron chi connectivity index (χ2n) is 4.96. The maximum atomic E-state index is 5.83. The van der Waals surface area contributed by atoms with Crippen molar-refractivity contribution in [3.05, 3.63) is 12.1 Å². The fraction of sp³-hybridized carbons (Fsp3) is 0.500. The number of nitrogens with two attached hydrogens (primary N) is 1. The molecule has 18 heavy (non-hydrogen) atoms. The molecule has 3 rings (SSSR count). The number of anilines is 2. The van der Waals surface area contributed by atoms with E-state index in [0.717, 1.165) is 31.7 Å². The van der Waals surface area contributed by atoms with Crippen molar-refractivity contribution in [3.8, 4) is 0 Å². The summed E-state index contributed by atoms with van der Waals surface area (Å²) in [5, 5.41) is 11.3. The fourth-order valence-electron chi connectivity index (χ4n) is 2.26. The van der Waals surface area contributed by atoms with E-state index in [4.69, 9.17) is 15.1 Å². The van der Waals surface area contributed by atoms with Crippen LogP contribution >= 0.6 is 0 Å². The number of rotatable bonds is 2. The van der Waals surface area contributed by atoms with Gasteiger partial charge in [-0.3, -0.25) is 0 Å². The van der Waals surface area contributed by atoms with Crippen LogP contribution in [-0.4, -0.2) is 29.1 Å². The Morgan fingerprint density at radius 1 is 1.22 bits per heavy atom. The lowest BCUT2D eigenvalue weighted by molar-refractivity contribution is 0.0658. The molecule has 2 heterocycles. The molecule has 0 saturated carbocycles. The van der Waals surface area contributed by atoms with Crippen LogP contribution in [-0.2, 0) is 4.74 Å². The van der Waals surface area contributed by atoms with E-state index in [1.165, 1.54) is 0 Å². The van der Waals surface area contributed by atoms with Crippen molar-refractivity contribution in [3.63, 3.8) is 0 Å². The van der Waals surface area contributed by atoms with E-state index in [2.05, 4.69) is 22.6 Å². The van der Waals surface area contributed by atoms with Gasteiger partial charge in [-0.2, -0.15) is 0 Å². The van der Waals surface area contributed by atoms with Gasteiger partial charge in [-0.05, 0) is 42.2 Å². The highest BCUT2D eigenvalue weighted by atomic mass is 16.6. The lowest BCUT2D eigenvalue weighted by Crippen LogP contribution is -2.40. The molecular weight excluding hydrogens is 232 g/mol. The van der Waals surface area contributed by atoms with Crippen LogP contribution in [0.3, 0.4) is 0 Å². The molecule has 0 spiro atoms. The summed E-state index contributed by atoms with van der Waals surface area (Å²) < 4.78 is 10.2. The average Bonchev–Trinajstić information content (AvgIpc) is 2.84. The molecule has 1 aromatic carbocycles. The van der Waals surface area contributed by atoms with E-state index >= 15 is 0 Å². The van der Waals surface area contributed by atoms with E-state index in [0.29, 0.717) is 16.7 Å². The Morgan fingerprint density at radius 2 is 1.94 bits per heavy atom. The summed E-state index contributed by atoms with van der Waals surface area (Å²) >= 11 is 0. The third-order valence-electron chi connectivity index (χ3n) is 3.48. The first-order valence-electron chi connectivity index (χ1n) is 6.05. The number of ether oxygens (including phenoxy) is 1. The van der Waals surface area contributed by atoms with Crippen molar-refractivity contribution >= 4 is 22.4 Å². The third-order valence-corrected chi connectivity index (χ3v) is 3.48. The van der Waals surface area contributed by atoms with Crippen LogP contribution in [0.2, 0.25) is 0 Å². The van der Waals surface area contributed by atoms with Crippen LogP contribution in [0.25, 0.3) is 11.0 Å². The molecular formula is C12H16N4O2. The Bertz CT molecular complexity index is 560. The quantitative estimate of drug-likeness (QED) is 0.788. The second-order valence-corrected chi connectivity index (χ2v) is 4.96. The minimum absolute atomic E-state index is 0.0141. The summed E-state index contributed by atoms with van der Waals surface area (Å²) in [5.74, 6) is 0. The fourth-order valence-corrected chi connectivity index (χ4v) is 2.26. The zero-order valence-corrected chi connectivity index (χ0v) is 10.3. The number of nitrogens with zero attached hydrogens (tertiary/aromatic N) is 2. The number of nitrogen functional groups attached to an aromatic ring is 1. The first-order valence-corrected chi connectivity index (χ1v) is 6.05. The number of benzene rings is 1. The summed E-state index contributed by atoms with van der Waals surface area (Å²) in [6.07, 6.45) is 1.92. The molecule has 1 aliphatic rings. The van der Waals surface area contributed by atoms with Gasteiger partial charge >= 0.3 is 0 Å². The molecule has 2 aromatic rings. The first kappa shape index (κ1) is 11.3. The van der Waals surface area contributed by atoms with Crippen LogP contribution in [0.5, 0.6) is 0 Å². The van der Waals surface area contributed by atoms with Crippen molar-refractivity contribution in [1.29, 1.82) is 0 Å². The predicted octanol–water partition coefficient (Wildman–Crippen LogP) is 1.79. The van der Waals surface area contributed by atoms with Crippen LogP contribution in [0.15, 0.2) is 16.8 Å². The Hall–Kier alpha value is -1.82. The molecule has 1 aliphatic heterocycles. The Kier molecular flexibility index (Phi) is 2.59. The van der Waals surface area contributed by atoms with Crippen molar-refractivity contribution in [2.75, 3.05) is 24.3 Å². The molecule has 0 bridgehead atoms. The smallest absolute Gasteiger partial charge is 0.160 e. The maximum Gasteiger partial charge on any atom is 0.160 e. The highest BCUT2D eigenvalue weighted by Gasteiger charge is 2.28. The molecule has 96 valence electrons. The lowest BCUT2D eigenvalue weighted by atomic mass is 9.92. The maximum absolute atomic E-state index is 5.83. The minimum atomic E-state index is 0.0141. The van der Waals surface area contributed by atoms with Gasteiger partial charge in [0.1, 0.15) is 0 Å². The van der Waals surface area contributed by atoms with Crippen LogP contribution < -0.4 is 11.1 Å². The standard InChI is InChI=1S/C12H16N4O2/c1-12(4-6-17-7-5-12)14-9-3-2-8(13)10-11(9)16-18-15-10/h2-3,14H,4-7,13H2,1H3. The molecule has 0 atom stereocenters. The second kappa shape index (κ2) is 4.13. The van der Waals surface area contributed by atoms with E-state index < -0.39 is 0 Å². The SMILES string of the molecule is CC1(Nc2ccc(N)c3nonc23)CCOCC1. The summed E-state index contributed by atoms with van der Waals surface area (Å²) in [6.45, 7) is 3.74. The molecule has 6 heteroatoms. The molecule has 0 unspecified atom stereocenters. The average molecular weight is 248 g/mol. The van der Waals surface area contributed by atoms with E-state index in [-0.39, 0.29) is 5.54 Å². The number of fused-ring (bicyclic) bond motifs is 1. The largest absolute Gasteiger partial charge is 0.397 e. The Labute approximate surface area is 104 Å². The van der Waals surface area contributed by atoms with Crippen LogP contribution in [0, 0.1) is 0 Å². The first-order chi connectivity index (χ1) is 8.68. The van der Waals surface area contributed by atoms with Gasteiger partial charge in [-0.25, -0.2) is 4.63 Å². The monoisotopic (exact) mass is 248 g/mol. The number of nitrogens with one attached hydrogen (secondary N) is 1. The van der Waals surface area contributed by atoms with Crippen LogP contribution in [0.1, 0.15) is 19.8 Å². The third kappa shape index (κ3) is 1.88. The van der Waals surface area contributed by atoms with Crippen molar-refractivity contribution in [2.24, 2.45) is 0 Å². The topological polar surface area (TPSA) is 86.2 Å². The molecule has 6 nitrogen and oxygen atoms in total. The van der Waals surface area contributed by atoms with Gasteiger partial charge in [0, 0.05) is 18.8 Å². The lowest BCUT2D eigenvalue weighted by Gasteiger charge is -2.35. The molecule has 1 fully saturated rings. The number of hydrogen-bond acceptors (Lipinski definition) is 6. The minimum Gasteiger partial charge on any atom is -0.397 e. The molecule has 1 saturated heterocycles. The Balaban J connectivity index is 1.95. The van der Waals surface area contributed by atoms with Gasteiger partial charge in [0.2, 0.25) is 0 Å². The molecule has 0 radical (unpaired) electrons. The van der Waals surface area contributed by atoms with Crippen molar-refractivity contribution in [2.45, 2.75) is 25.3 Å². The van der Waals surface area contributed by atoms with Gasteiger partial charge in [-0.15, -0.1) is 0 Å². The summed E-state index contributed by atoms with van der Waals surface area (Å²) in [4.78, 5) is 0. The van der Waals surface area contributed by atoms with E-state index in [1.54, 1.807) is 0 Å². The normalized spacial score (nSPS) is 18.9. The van der Waals surface area contributed by atoms with Gasteiger partial charge in [-0.1, -0.05) is 0 Å². The highest BCUT2D eigenvalue weighted by molar-refractivity contribution is 5.95. The van der Waals surface area contributed by atoms with Gasteiger partial charge in [0.25, 0.3) is 0 Å². The zero-order chi connectivity index (χ0) is 12.6. The summed E-state index contributed by atoms with van der Waals surface area (Å²) in [7, 11) is 0. The number of aromatic nitrogens is 2. The molecule has 0 amide bonds. The Morgan fingerprint density at radius 3 is 2.72 bits per heavy atom. The van der Waals surface area contributed by atoms with E-state index in [1.807, 2.05) is 12.1 Å². The number of hydrogen-bond donors (Lipinski definition) is 2. The molecule has 1 aromatic heterocycles. The van der Waals surface area contributed by atoms with Gasteiger partial charge in [0.05, 0.1) is 11.4 Å².